The van der Waals surface area contributed by atoms with Crippen LogP contribution in [0.5, 0.6) is 5.75 Å². The topological polar surface area (TPSA) is 63.9 Å². The van der Waals surface area contributed by atoms with Gasteiger partial charge in [-0.3, -0.25) is 4.90 Å². The molecule has 112 valence electrons. The summed E-state index contributed by atoms with van der Waals surface area (Å²) in [6.07, 6.45) is 1.64. The van der Waals surface area contributed by atoms with Gasteiger partial charge in [-0.05, 0) is 31.4 Å². The van der Waals surface area contributed by atoms with Crippen LogP contribution in [0, 0.1) is 5.92 Å². The largest absolute Gasteiger partial charge is 0.508 e. The molecule has 1 heterocycles. The minimum absolute atomic E-state index is 0.00486. The molecule has 0 bridgehead atoms. The molecule has 1 fully saturated rings. The lowest BCUT2D eigenvalue weighted by atomic mass is 9.91. The Bertz CT molecular complexity index is 470. The van der Waals surface area contributed by atoms with Crippen molar-refractivity contribution in [3.63, 3.8) is 0 Å². The Hall–Kier alpha value is -0.520. The maximum absolute atomic E-state index is 9.93. The fraction of sp³-hybridized carbons (Fsp3) is 0.571. The summed E-state index contributed by atoms with van der Waals surface area (Å²) in [5.41, 5.74) is 0.695. The molecule has 0 aromatic heterocycles. The third kappa shape index (κ3) is 3.57. The Morgan fingerprint density at radius 1 is 1.15 bits per heavy atom. The Kier molecular flexibility index (Phi) is 5.52. The average Bonchev–Trinajstić information content (AvgIpc) is 2.45. The summed E-state index contributed by atoms with van der Waals surface area (Å²) in [5.74, 6) is 0.353. The van der Waals surface area contributed by atoms with Crippen LogP contribution in [-0.4, -0.2) is 46.0 Å². The van der Waals surface area contributed by atoms with Crippen LogP contribution in [0.25, 0.3) is 0 Å². The third-order valence-electron chi connectivity index (χ3n) is 3.91. The van der Waals surface area contributed by atoms with Gasteiger partial charge >= 0.3 is 0 Å². The second kappa shape index (κ2) is 6.96. The average molecular weight is 320 g/mol. The number of hydrogen-bond acceptors (Lipinski definition) is 4. The molecule has 1 saturated heterocycles. The van der Waals surface area contributed by atoms with Crippen molar-refractivity contribution in [2.24, 2.45) is 5.92 Å². The number of phenols is 1. The van der Waals surface area contributed by atoms with Gasteiger partial charge in [-0.25, -0.2) is 0 Å². The van der Waals surface area contributed by atoms with E-state index in [1.54, 1.807) is 6.07 Å². The zero-order chi connectivity index (χ0) is 14.7. The Morgan fingerprint density at radius 2 is 1.85 bits per heavy atom. The van der Waals surface area contributed by atoms with Crippen LogP contribution >= 0.6 is 23.2 Å². The first-order valence-electron chi connectivity index (χ1n) is 6.67. The summed E-state index contributed by atoms with van der Waals surface area (Å²) in [5, 5.41) is 29.4. The lowest BCUT2D eigenvalue weighted by Crippen LogP contribution is -2.44. The molecule has 1 aromatic carbocycles. The molecule has 3 N–H and O–H groups in total. The van der Waals surface area contributed by atoms with E-state index < -0.39 is 0 Å². The molecule has 0 spiro atoms. The van der Waals surface area contributed by atoms with E-state index in [9.17, 15) is 15.3 Å². The van der Waals surface area contributed by atoms with Gasteiger partial charge in [0.1, 0.15) is 5.75 Å². The van der Waals surface area contributed by atoms with E-state index in [-0.39, 0.29) is 30.9 Å². The molecule has 2 atom stereocenters. The van der Waals surface area contributed by atoms with Crippen molar-refractivity contribution in [1.29, 1.82) is 0 Å². The van der Waals surface area contributed by atoms with Gasteiger partial charge in [0.25, 0.3) is 0 Å². The molecule has 1 aliphatic rings. The Labute approximate surface area is 128 Å². The highest BCUT2D eigenvalue weighted by atomic mass is 35.5. The van der Waals surface area contributed by atoms with Crippen LogP contribution < -0.4 is 0 Å². The second-order valence-corrected chi connectivity index (χ2v) is 6.09. The van der Waals surface area contributed by atoms with Crippen LogP contribution in [0.2, 0.25) is 10.0 Å². The molecule has 2 rings (SSSR count). The predicted molar refractivity (Wildman–Crippen MR) is 79.2 cm³/mol. The van der Waals surface area contributed by atoms with E-state index in [1.165, 1.54) is 6.07 Å². The monoisotopic (exact) mass is 319 g/mol. The fourth-order valence-electron chi connectivity index (χ4n) is 2.67. The van der Waals surface area contributed by atoms with Gasteiger partial charge in [-0.15, -0.1) is 0 Å². The van der Waals surface area contributed by atoms with Gasteiger partial charge in [-0.1, -0.05) is 23.2 Å². The molecule has 1 aromatic rings. The molecule has 0 saturated carbocycles. The minimum atomic E-state index is -0.00486. The number of nitrogens with zero attached hydrogens (tertiary/aromatic N) is 1. The van der Waals surface area contributed by atoms with Crippen molar-refractivity contribution < 1.29 is 15.3 Å². The van der Waals surface area contributed by atoms with E-state index in [0.29, 0.717) is 22.2 Å². The number of likely N-dealkylation sites (tertiary alicyclic amines) is 1. The molecule has 2 unspecified atom stereocenters. The highest BCUT2D eigenvalue weighted by Crippen LogP contribution is 2.32. The highest BCUT2D eigenvalue weighted by Gasteiger charge is 2.28. The summed E-state index contributed by atoms with van der Waals surface area (Å²) < 4.78 is 0. The predicted octanol–water partition coefficient (Wildman–Crippen LogP) is 2.26. The number of piperidine rings is 1. The number of rotatable bonds is 4. The summed E-state index contributed by atoms with van der Waals surface area (Å²) in [6.45, 7) is 1.48. The Balaban J connectivity index is 2.11. The fourth-order valence-corrected chi connectivity index (χ4v) is 3.01. The molecule has 1 aliphatic heterocycles. The molecule has 0 radical (unpaired) electrons. The van der Waals surface area contributed by atoms with Gasteiger partial charge in [0, 0.05) is 30.8 Å². The van der Waals surface area contributed by atoms with Gasteiger partial charge in [0.15, 0.2) is 0 Å². The van der Waals surface area contributed by atoms with E-state index in [2.05, 4.69) is 4.90 Å². The highest BCUT2D eigenvalue weighted by molar-refractivity contribution is 6.42. The number of aromatic hydroxyl groups is 1. The second-order valence-electron chi connectivity index (χ2n) is 5.27. The van der Waals surface area contributed by atoms with Crippen molar-refractivity contribution in [3.05, 3.63) is 27.7 Å². The van der Waals surface area contributed by atoms with Gasteiger partial charge in [-0.2, -0.15) is 0 Å². The van der Waals surface area contributed by atoms with Crippen LogP contribution in [0.1, 0.15) is 18.4 Å². The molecular formula is C14H19Cl2NO3. The van der Waals surface area contributed by atoms with Crippen LogP contribution in [0.3, 0.4) is 0 Å². The summed E-state index contributed by atoms with van der Waals surface area (Å²) in [6, 6.07) is 3.09. The van der Waals surface area contributed by atoms with Crippen molar-refractivity contribution in [2.45, 2.75) is 25.4 Å². The molecule has 20 heavy (non-hydrogen) atoms. The van der Waals surface area contributed by atoms with E-state index in [0.717, 1.165) is 19.4 Å². The zero-order valence-electron chi connectivity index (χ0n) is 11.1. The number of aliphatic hydroxyl groups is 2. The normalized spacial score (nSPS) is 24.0. The first-order valence-corrected chi connectivity index (χ1v) is 7.43. The maximum Gasteiger partial charge on any atom is 0.121 e. The van der Waals surface area contributed by atoms with E-state index in [4.69, 9.17) is 23.2 Å². The van der Waals surface area contributed by atoms with Crippen molar-refractivity contribution >= 4 is 23.2 Å². The summed E-state index contributed by atoms with van der Waals surface area (Å²) >= 11 is 11.8. The molecule has 6 heteroatoms. The number of halogens is 2. The lowest BCUT2D eigenvalue weighted by molar-refractivity contribution is 0.0412. The third-order valence-corrected chi connectivity index (χ3v) is 4.63. The first-order chi connectivity index (χ1) is 9.55. The van der Waals surface area contributed by atoms with Gasteiger partial charge < -0.3 is 15.3 Å². The van der Waals surface area contributed by atoms with Crippen molar-refractivity contribution in [3.8, 4) is 5.75 Å². The smallest absolute Gasteiger partial charge is 0.121 e. The van der Waals surface area contributed by atoms with Gasteiger partial charge in [0.2, 0.25) is 0 Å². The number of phenolic OH excluding ortho intramolecular Hbond substituents is 1. The van der Waals surface area contributed by atoms with E-state index >= 15 is 0 Å². The zero-order valence-corrected chi connectivity index (χ0v) is 12.6. The SMILES string of the molecule is OCC1CCN(Cc2cc(Cl)c(Cl)cc2O)C(CO)C1. The number of aliphatic hydroxyl groups excluding tert-OH is 2. The maximum atomic E-state index is 9.93. The summed E-state index contributed by atoms with van der Waals surface area (Å²) in [7, 11) is 0. The molecular weight excluding hydrogens is 301 g/mol. The summed E-state index contributed by atoms with van der Waals surface area (Å²) in [4.78, 5) is 2.10. The van der Waals surface area contributed by atoms with Crippen LogP contribution in [0.15, 0.2) is 12.1 Å². The first kappa shape index (κ1) is 15.9. The minimum Gasteiger partial charge on any atom is -0.508 e. The number of benzene rings is 1. The van der Waals surface area contributed by atoms with Crippen molar-refractivity contribution in [1.82, 2.24) is 4.90 Å². The molecule has 0 amide bonds. The van der Waals surface area contributed by atoms with Crippen LogP contribution in [0.4, 0.5) is 0 Å². The van der Waals surface area contributed by atoms with Crippen molar-refractivity contribution in [2.75, 3.05) is 19.8 Å². The number of hydrogen-bond donors (Lipinski definition) is 3. The quantitative estimate of drug-likeness (QED) is 0.796. The van der Waals surface area contributed by atoms with Gasteiger partial charge in [0.05, 0.1) is 16.7 Å². The standard InChI is InChI=1S/C14H19Cl2NO3/c15-12-4-10(14(20)5-13(12)16)6-17-2-1-9(7-18)3-11(17)8-19/h4-5,9,11,18-20H,1-3,6-8H2. The Morgan fingerprint density at radius 3 is 2.50 bits per heavy atom. The molecule has 0 aliphatic carbocycles. The van der Waals surface area contributed by atoms with E-state index in [1.807, 2.05) is 0 Å². The van der Waals surface area contributed by atoms with Crippen LogP contribution in [-0.2, 0) is 6.54 Å². The molecule has 4 nitrogen and oxygen atoms in total. The lowest BCUT2D eigenvalue weighted by Gasteiger charge is -2.38.